The third kappa shape index (κ3) is 4.38. The summed E-state index contributed by atoms with van der Waals surface area (Å²) < 4.78 is 5.57. The third-order valence-electron chi connectivity index (χ3n) is 4.55. The lowest BCUT2D eigenvalue weighted by Crippen LogP contribution is -2.30. The molecule has 0 radical (unpaired) electrons. The quantitative estimate of drug-likeness (QED) is 0.513. The van der Waals surface area contributed by atoms with Crippen LogP contribution in [0.15, 0.2) is 24.3 Å². The van der Waals surface area contributed by atoms with Crippen LogP contribution in [0.1, 0.15) is 57.9 Å². The van der Waals surface area contributed by atoms with Gasteiger partial charge >= 0.3 is 0 Å². The Labute approximate surface area is 145 Å². The molecule has 0 aromatic heterocycles. The summed E-state index contributed by atoms with van der Waals surface area (Å²) in [4.78, 5) is 0. The summed E-state index contributed by atoms with van der Waals surface area (Å²) in [6, 6.07) is 8.81. The Kier molecular flexibility index (Phi) is 7.49. The van der Waals surface area contributed by atoms with E-state index < -0.39 is 0 Å². The van der Waals surface area contributed by atoms with Crippen molar-refractivity contribution in [2.24, 2.45) is 5.92 Å². The highest BCUT2D eigenvalue weighted by atomic mass is 32.2. The molecule has 0 amide bonds. The molecule has 0 bridgehead atoms. The molecule has 0 spiro atoms. The van der Waals surface area contributed by atoms with E-state index in [1.807, 2.05) is 0 Å². The van der Waals surface area contributed by atoms with Crippen LogP contribution in [-0.4, -0.2) is 18.6 Å². The zero-order valence-electron chi connectivity index (χ0n) is 14.3. The lowest BCUT2D eigenvalue weighted by molar-refractivity contribution is 0.414. The molecule has 1 fully saturated rings. The van der Waals surface area contributed by atoms with Crippen molar-refractivity contribution in [2.45, 2.75) is 56.5 Å². The van der Waals surface area contributed by atoms with Crippen molar-refractivity contribution in [1.29, 1.82) is 0 Å². The summed E-state index contributed by atoms with van der Waals surface area (Å²) in [5, 5.41) is 0. The highest BCUT2D eigenvalue weighted by Crippen LogP contribution is 2.56. The number of unbranched alkanes of at least 4 members (excludes halogenated alkanes) is 3. The number of methoxy groups -OCH3 is 1. The summed E-state index contributed by atoms with van der Waals surface area (Å²) in [7, 11) is 1.74. The van der Waals surface area contributed by atoms with E-state index in [0.29, 0.717) is 5.92 Å². The highest BCUT2D eigenvalue weighted by Gasteiger charge is 2.40. The molecule has 1 saturated heterocycles. The number of benzene rings is 1. The number of hydrogen-bond acceptors (Lipinski definition) is 3. The van der Waals surface area contributed by atoms with Crippen molar-refractivity contribution in [1.82, 2.24) is 0 Å². The second kappa shape index (κ2) is 9.12. The maximum atomic E-state index is 5.33. The molecule has 0 N–H and O–H groups in total. The molecular formula is C19H30OS2. The van der Waals surface area contributed by atoms with E-state index in [-0.39, 0.29) is 4.08 Å². The van der Waals surface area contributed by atoms with Gasteiger partial charge in [-0.25, -0.2) is 0 Å². The van der Waals surface area contributed by atoms with E-state index in [1.165, 1.54) is 55.6 Å². The van der Waals surface area contributed by atoms with Gasteiger partial charge in [-0.05, 0) is 48.0 Å². The van der Waals surface area contributed by atoms with Gasteiger partial charge in [-0.3, -0.25) is 0 Å². The van der Waals surface area contributed by atoms with Crippen LogP contribution in [0.3, 0.4) is 0 Å². The predicted octanol–water partition coefficient (Wildman–Crippen LogP) is 6.32. The maximum Gasteiger partial charge on any atom is 0.118 e. The van der Waals surface area contributed by atoms with Gasteiger partial charge < -0.3 is 4.74 Å². The molecular weight excluding hydrogens is 308 g/mol. The molecule has 1 aliphatic rings. The first-order chi connectivity index (χ1) is 10.7. The zero-order chi connectivity index (χ0) is 15.8. The van der Waals surface area contributed by atoms with Crippen LogP contribution in [0, 0.1) is 5.92 Å². The van der Waals surface area contributed by atoms with E-state index in [4.69, 9.17) is 4.74 Å². The van der Waals surface area contributed by atoms with Gasteiger partial charge in [0, 0.05) is 0 Å². The lowest BCUT2D eigenvalue weighted by Gasteiger charge is -2.41. The van der Waals surface area contributed by atoms with E-state index >= 15 is 0 Å². The van der Waals surface area contributed by atoms with Crippen LogP contribution >= 0.6 is 23.5 Å². The minimum absolute atomic E-state index is 0.247. The normalized spacial score (nSPS) is 18.9. The molecule has 1 atom stereocenters. The fourth-order valence-corrected chi connectivity index (χ4v) is 6.78. The molecule has 22 heavy (non-hydrogen) atoms. The fraction of sp³-hybridized carbons (Fsp3) is 0.684. The average Bonchev–Trinajstić information content (AvgIpc) is 2.59. The predicted molar refractivity (Wildman–Crippen MR) is 102 cm³/mol. The van der Waals surface area contributed by atoms with E-state index in [1.54, 1.807) is 7.11 Å². The topological polar surface area (TPSA) is 9.23 Å². The van der Waals surface area contributed by atoms with Crippen LogP contribution in [0.2, 0.25) is 0 Å². The standard InChI is InChI=1S/C19H30OS2/c1-4-5-6-7-9-16(2)19(21-14-8-15-22-19)17-10-12-18(20-3)13-11-17/h10-13,16H,4-9,14-15H2,1-3H3. The summed E-state index contributed by atoms with van der Waals surface area (Å²) in [6.45, 7) is 4.75. The second-order valence-corrected chi connectivity index (χ2v) is 9.14. The van der Waals surface area contributed by atoms with Crippen molar-refractivity contribution in [3.63, 3.8) is 0 Å². The Bertz CT molecular complexity index is 424. The monoisotopic (exact) mass is 338 g/mol. The smallest absolute Gasteiger partial charge is 0.118 e. The van der Waals surface area contributed by atoms with Crippen LogP contribution in [0.5, 0.6) is 5.75 Å². The first-order valence-electron chi connectivity index (χ1n) is 8.65. The van der Waals surface area contributed by atoms with Crippen molar-refractivity contribution >= 4 is 23.5 Å². The maximum absolute atomic E-state index is 5.33. The second-order valence-electron chi connectivity index (χ2n) is 6.20. The largest absolute Gasteiger partial charge is 0.497 e. The van der Waals surface area contributed by atoms with Gasteiger partial charge in [-0.15, -0.1) is 23.5 Å². The molecule has 1 aromatic rings. The van der Waals surface area contributed by atoms with E-state index in [9.17, 15) is 0 Å². The first-order valence-corrected chi connectivity index (χ1v) is 10.6. The van der Waals surface area contributed by atoms with Gasteiger partial charge in [0.25, 0.3) is 0 Å². The van der Waals surface area contributed by atoms with E-state index in [2.05, 4.69) is 61.6 Å². The van der Waals surface area contributed by atoms with Crippen molar-refractivity contribution in [2.75, 3.05) is 18.6 Å². The first kappa shape index (κ1) is 18.1. The number of hydrogen-bond donors (Lipinski definition) is 0. The molecule has 1 nitrogen and oxygen atoms in total. The van der Waals surface area contributed by atoms with Gasteiger partial charge in [-0.1, -0.05) is 51.7 Å². The van der Waals surface area contributed by atoms with Gasteiger partial charge in [0.15, 0.2) is 0 Å². The summed E-state index contributed by atoms with van der Waals surface area (Å²) in [5.41, 5.74) is 1.48. The van der Waals surface area contributed by atoms with Gasteiger partial charge in [0.05, 0.1) is 11.2 Å². The molecule has 0 saturated carbocycles. The highest BCUT2D eigenvalue weighted by molar-refractivity contribution is 8.18. The van der Waals surface area contributed by atoms with Gasteiger partial charge in [-0.2, -0.15) is 0 Å². The lowest BCUT2D eigenvalue weighted by atomic mass is 9.93. The summed E-state index contributed by atoms with van der Waals surface area (Å²) in [6.07, 6.45) is 8.13. The molecule has 2 rings (SSSR count). The number of thioether (sulfide) groups is 2. The van der Waals surface area contributed by atoms with Crippen LogP contribution in [0.4, 0.5) is 0 Å². The Hall–Kier alpha value is -0.280. The van der Waals surface area contributed by atoms with Crippen LogP contribution < -0.4 is 4.74 Å². The number of rotatable bonds is 8. The Morgan fingerprint density at radius 3 is 2.36 bits per heavy atom. The fourth-order valence-electron chi connectivity index (χ4n) is 3.17. The molecule has 124 valence electrons. The van der Waals surface area contributed by atoms with Gasteiger partial charge in [0.1, 0.15) is 5.75 Å². The van der Waals surface area contributed by atoms with Crippen molar-refractivity contribution < 1.29 is 4.74 Å². The minimum Gasteiger partial charge on any atom is -0.497 e. The number of ether oxygens (including phenoxy) is 1. The van der Waals surface area contributed by atoms with Crippen LogP contribution in [-0.2, 0) is 4.08 Å². The van der Waals surface area contributed by atoms with Crippen LogP contribution in [0.25, 0.3) is 0 Å². The summed E-state index contributed by atoms with van der Waals surface area (Å²) >= 11 is 4.34. The Morgan fingerprint density at radius 2 is 1.77 bits per heavy atom. The zero-order valence-corrected chi connectivity index (χ0v) is 15.9. The SMILES string of the molecule is CCCCCCC(C)C1(c2ccc(OC)cc2)SCCCS1. The van der Waals surface area contributed by atoms with E-state index in [0.717, 1.165) is 5.75 Å². The molecule has 1 unspecified atom stereocenters. The molecule has 0 aliphatic carbocycles. The van der Waals surface area contributed by atoms with Gasteiger partial charge in [0.2, 0.25) is 0 Å². The minimum atomic E-state index is 0.247. The molecule has 1 heterocycles. The van der Waals surface area contributed by atoms with Crippen molar-refractivity contribution in [3.8, 4) is 5.75 Å². The molecule has 1 aromatic carbocycles. The summed E-state index contributed by atoms with van der Waals surface area (Å²) in [5.74, 6) is 4.25. The van der Waals surface area contributed by atoms with Crippen molar-refractivity contribution in [3.05, 3.63) is 29.8 Å². The molecule has 1 aliphatic heterocycles. The Balaban J connectivity index is 2.11. The average molecular weight is 339 g/mol. The third-order valence-corrected chi connectivity index (χ3v) is 8.38. The Morgan fingerprint density at radius 1 is 1.09 bits per heavy atom. The molecule has 3 heteroatoms.